The van der Waals surface area contributed by atoms with Crippen molar-refractivity contribution >= 4 is 61.7 Å². The second-order valence-electron chi connectivity index (χ2n) is 7.11. The molecule has 2 aliphatic heterocycles. The maximum absolute atomic E-state index is 12.7. The number of furan rings is 2. The molecule has 0 atom stereocenters. The zero-order valence-electron chi connectivity index (χ0n) is 16.6. The molecule has 0 fully saturated rings. The summed E-state index contributed by atoms with van der Waals surface area (Å²) in [5, 5.41) is 8.86. The molecule has 4 rings (SSSR count). The number of sulfone groups is 1. The third-order valence-electron chi connectivity index (χ3n) is 4.15. The van der Waals surface area contributed by atoms with Crippen LogP contribution in [0.15, 0.2) is 59.4 Å². The zero-order chi connectivity index (χ0) is 22.2. The fraction of sp³-hybridized carbons (Fsp3) is 0.263. The number of carbonyl (C=O) groups is 1. The summed E-state index contributed by atoms with van der Waals surface area (Å²) in [6.45, 7) is 3.56. The highest BCUT2D eigenvalue weighted by atomic mass is 32.2. The summed E-state index contributed by atoms with van der Waals surface area (Å²) in [6, 6.07) is 7.08. The van der Waals surface area contributed by atoms with Crippen LogP contribution in [-0.2, 0) is 20.4 Å². The molecule has 1 N–H and O–H groups in total. The third kappa shape index (κ3) is 4.55. The van der Waals surface area contributed by atoms with E-state index >= 15 is 0 Å². The van der Waals surface area contributed by atoms with Crippen molar-refractivity contribution in [1.82, 2.24) is 4.90 Å². The van der Waals surface area contributed by atoms with Gasteiger partial charge in [0.05, 0.1) is 35.3 Å². The van der Waals surface area contributed by atoms with E-state index in [-0.39, 0.29) is 33.4 Å². The van der Waals surface area contributed by atoms with Crippen LogP contribution in [-0.4, -0.2) is 41.1 Å². The van der Waals surface area contributed by atoms with Gasteiger partial charge in [0.25, 0.3) is 5.91 Å². The van der Waals surface area contributed by atoms with Crippen LogP contribution in [0.25, 0.3) is 6.08 Å². The Labute approximate surface area is 187 Å². The molecular weight excluding hydrogens is 460 g/mol. The molecule has 0 spiro atoms. The fourth-order valence-corrected chi connectivity index (χ4v) is 6.38. The molecule has 0 radical (unpaired) electrons. The highest BCUT2D eigenvalue weighted by molar-refractivity contribution is 8.16. The first-order chi connectivity index (χ1) is 14.7. The Hall–Kier alpha value is -2.57. The summed E-state index contributed by atoms with van der Waals surface area (Å²) in [7, 11) is -3.74. The van der Waals surface area contributed by atoms with Gasteiger partial charge in [-0.2, -0.15) is 9.39 Å². The molecule has 31 heavy (non-hydrogen) atoms. The summed E-state index contributed by atoms with van der Waals surface area (Å²) < 4.78 is 40.4. The number of thioether (sulfide) groups is 1. The number of amides is 1. The molecule has 0 aromatic carbocycles. The van der Waals surface area contributed by atoms with Gasteiger partial charge in [-0.3, -0.25) is 10.2 Å². The number of fused-ring (bicyclic) bond motifs is 1. The molecule has 0 unspecified atom stereocenters. The van der Waals surface area contributed by atoms with E-state index in [1.54, 1.807) is 38.3 Å². The highest BCUT2D eigenvalue weighted by Gasteiger charge is 2.42. The van der Waals surface area contributed by atoms with Crippen molar-refractivity contribution < 1.29 is 22.0 Å². The van der Waals surface area contributed by atoms with Crippen LogP contribution >= 0.6 is 23.7 Å². The van der Waals surface area contributed by atoms with Crippen molar-refractivity contribution in [3.63, 3.8) is 0 Å². The molecule has 4 heterocycles. The summed E-state index contributed by atoms with van der Waals surface area (Å²) in [4.78, 5) is 17.5. The second kappa shape index (κ2) is 8.52. The largest absolute Gasteiger partial charge is 0.468 e. The van der Waals surface area contributed by atoms with E-state index in [1.165, 1.54) is 17.8 Å². The van der Waals surface area contributed by atoms with Gasteiger partial charge in [-0.1, -0.05) is 25.6 Å². The van der Waals surface area contributed by atoms with Crippen molar-refractivity contribution in [2.45, 2.75) is 24.7 Å². The molecule has 2 aliphatic rings. The molecular formula is C19H18N4O5S3. The average Bonchev–Trinajstić information content (AvgIpc) is 3.43. The number of aliphatic imine (C=N–C) groups is 1. The maximum atomic E-state index is 12.7. The van der Waals surface area contributed by atoms with Crippen molar-refractivity contribution in [2.75, 3.05) is 5.75 Å². The Morgan fingerprint density at radius 2 is 2.13 bits per heavy atom. The molecule has 9 nitrogen and oxygen atoms in total. The van der Waals surface area contributed by atoms with Crippen molar-refractivity contribution in [3.8, 4) is 0 Å². The summed E-state index contributed by atoms with van der Waals surface area (Å²) in [5.41, 5.74) is -0.0735. The molecule has 0 saturated heterocycles. The maximum Gasteiger partial charge on any atom is 0.283 e. The van der Waals surface area contributed by atoms with Gasteiger partial charge < -0.3 is 8.83 Å². The van der Waals surface area contributed by atoms with Crippen LogP contribution in [0.2, 0.25) is 0 Å². The lowest BCUT2D eigenvalue weighted by molar-refractivity contribution is -0.114. The fourth-order valence-electron chi connectivity index (χ4n) is 2.88. The van der Waals surface area contributed by atoms with Gasteiger partial charge in [0.15, 0.2) is 5.09 Å². The van der Waals surface area contributed by atoms with Crippen LogP contribution < -0.4 is 0 Å². The van der Waals surface area contributed by atoms with E-state index in [9.17, 15) is 13.2 Å². The van der Waals surface area contributed by atoms with Gasteiger partial charge in [0.2, 0.25) is 20.2 Å². The second-order valence-corrected chi connectivity index (χ2v) is 10.7. The van der Waals surface area contributed by atoms with Gasteiger partial charge >= 0.3 is 0 Å². The third-order valence-corrected chi connectivity index (χ3v) is 7.84. The Morgan fingerprint density at radius 1 is 1.32 bits per heavy atom. The SMILES string of the molecule is CC(C)CS(=O)(=O)C1=NSC2=NC(=O)/C(=C\c3ccc(SCc4ccco4)o3)C(=N)N21. The molecule has 2 aromatic heterocycles. The number of nitrogens with zero attached hydrogens (tertiary/aromatic N) is 3. The van der Waals surface area contributed by atoms with Crippen LogP contribution in [0, 0.1) is 11.3 Å². The van der Waals surface area contributed by atoms with Crippen LogP contribution in [0.1, 0.15) is 25.4 Å². The quantitative estimate of drug-likeness (QED) is 0.377. The van der Waals surface area contributed by atoms with Crippen LogP contribution in [0.3, 0.4) is 0 Å². The minimum atomic E-state index is -3.74. The highest BCUT2D eigenvalue weighted by Crippen LogP contribution is 2.31. The van der Waals surface area contributed by atoms with E-state index < -0.39 is 15.7 Å². The van der Waals surface area contributed by atoms with Gasteiger partial charge in [-0.25, -0.2) is 13.3 Å². The van der Waals surface area contributed by atoms with E-state index in [4.69, 9.17) is 14.2 Å². The molecule has 0 bridgehead atoms. The first-order valence-electron chi connectivity index (χ1n) is 9.21. The van der Waals surface area contributed by atoms with Gasteiger partial charge in [-0.15, -0.1) is 0 Å². The Bertz CT molecular complexity index is 1220. The molecule has 1 amide bonds. The molecule has 0 aliphatic carbocycles. The molecule has 0 saturated carbocycles. The topological polar surface area (TPSA) is 129 Å². The summed E-state index contributed by atoms with van der Waals surface area (Å²) >= 11 is 2.19. The van der Waals surface area contributed by atoms with E-state index in [0.29, 0.717) is 16.6 Å². The number of hydrogen-bond donors (Lipinski definition) is 1. The van der Waals surface area contributed by atoms with Crippen LogP contribution in [0.4, 0.5) is 0 Å². The normalized spacial score (nSPS) is 18.0. The van der Waals surface area contributed by atoms with Gasteiger partial charge in [-0.05, 0) is 36.3 Å². The van der Waals surface area contributed by atoms with E-state index in [2.05, 4.69) is 9.39 Å². The van der Waals surface area contributed by atoms with Crippen molar-refractivity contribution in [3.05, 3.63) is 47.6 Å². The number of carbonyl (C=O) groups excluding carboxylic acids is 1. The first kappa shape index (κ1) is 21.7. The first-order valence-corrected chi connectivity index (χ1v) is 12.6. The Kier molecular flexibility index (Phi) is 5.95. The number of rotatable bonds is 6. The van der Waals surface area contributed by atoms with Gasteiger partial charge in [0, 0.05) is 0 Å². The predicted molar refractivity (Wildman–Crippen MR) is 121 cm³/mol. The molecule has 12 heteroatoms. The van der Waals surface area contributed by atoms with Crippen LogP contribution in [0.5, 0.6) is 0 Å². The summed E-state index contributed by atoms with van der Waals surface area (Å²) in [5.74, 6) is 0.546. The predicted octanol–water partition coefficient (Wildman–Crippen LogP) is 3.81. The average molecular weight is 479 g/mol. The Balaban J connectivity index is 1.56. The minimum Gasteiger partial charge on any atom is -0.468 e. The number of hydrogen-bond acceptors (Lipinski definition) is 9. The zero-order valence-corrected chi connectivity index (χ0v) is 19.0. The van der Waals surface area contributed by atoms with E-state index in [0.717, 1.165) is 22.6 Å². The molecule has 162 valence electrons. The van der Waals surface area contributed by atoms with Crippen molar-refractivity contribution in [1.29, 1.82) is 5.41 Å². The van der Waals surface area contributed by atoms with Gasteiger partial charge in [0.1, 0.15) is 17.4 Å². The Morgan fingerprint density at radius 3 is 2.84 bits per heavy atom. The summed E-state index contributed by atoms with van der Waals surface area (Å²) in [6.07, 6.45) is 2.98. The van der Waals surface area contributed by atoms with E-state index in [1.807, 2.05) is 6.07 Å². The minimum absolute atomic E-state index is 0.0589. The lowest BCUT2D eigenvalue weighted by Crippen LogP contribution is -2.46. The molecule has 2 aromatic rings. The standard InChI is InChI=1S/C19H18N4O5S3/c1-11(2)10-31(25,26)19-22-30-18-21-17(24)14(16(20)23(18)19)8-12-5-6-15(28-12)29-9-13-4-3-7-27-13/h3-8,11,20H,9-10H2,1-2H3/b14-8-,20-16?. The lowest BCUT2D eigenvalue weighted by Gasteiger charge is -2.24. The number of amidine groups is 3. The van der Waals surface area contributed by atoms with Crippen molar-refractivity contribution in [2.24, 2.45) is 15.3 Å². The smallest absolute Gasteiger partial charge is 0.283 e. The monoisotopic (exact) mass is 478 g/mol. The lowest BCUT2D eigenvalue weighted by atomic mass is 10.1. The number of nitrogens with one attached hydrogen (secondary N) is 1.